The van der Waals surface area contributed by atoms with E-state index in [1.165, 1.54) is 0 Å². The number of aliphatic carboxylic acids is 1. The number of aromatic nitrogens is 1. The second-order valence-corrected chi connectivity index (χ2v) is 9.33. The van der Waals surface area contributed by atoms with Crippen LogP contribution >= 0.6 is 55.0 Å². The van der Waals surface area contributed by atoms with Crippen LogP contribution in [0.4, 0.5) is 13.2 Å². The van der Waals surface area contributed by atoms with Crippen LogP contribution in [0.2, 0.25) is 5.02 Å². The molecule has 1 heterocycles. The molecule has 0 aliphatic heterocycles. The Kier molecular flexibility index (Phi) is 7.67. The van der Waals surface area contributed by atoms with Gasteiger partial charge in [0.15, 0.2) is 0 Å². The molecule has 0 unspecified atom stereocenters. The average Bonchev–Trinajstić information content (AvgIpc) is 3.10. The van der Waals surface area contributed by atoms with Crippen molar-refractivity contribution in [1.82, 2.24) is 4.37 Å². The molecule has 1 N–H and O–H groups in total. The third-order valence-corrected chi connectivity index (χ3v) is 6.57. The Hall–Kier alpha value is -1.62. The number of hydrogen-bond donors (Lipinski definition) is 1. The van der Waals surface area contributed by atoms with Crippen LogP contribution in [0.25, 0.3) is 11.3 Å². The lowest BCUT2D eigenvalue weighted by atomic mass is 10.1. The molecule has 3 aromatic rings. The summed E-state index contributed by atoms with van der Waals surface area (Å²) in [6, 6.07) is 9.72. The van der Waals surface area contributed by atoms with Gasteiger partial charge in [0.05, 0.1) is 14.6 Å². The van der Waals surface area contributed by atoms with Crippen molar-refractivity contribution in [2.75, 3.05) is 0 Å². The van der Waals surface area contributed by atoms with Crippen molar-refractivity contribution >= 4 is 61.0 Å². The van der Waals surface area contributed by atoms with Gasteiger partial charge in [-0.1, -0.05) is 23.7 Å². The second-order valence-electron chi connectivity index (χ2n) is 6.41. The summed E-state index contributed by atoms with van der Waals surface area (Å²) in [5.74, 6) is -0.618. The maximum Gasteiger partial charge on any atom is 0.427 e. The summed E-state index contributed by atoms with van der Waals surface area (Å²) >= 11 is 12.9. The van der Waals surface area contributed by atoms with Crippen LogP contribution in [0.3, 0.4) is 0 Å². The van der Waals surface area contributed by atoms with E-state index in [9.17, 15) is 18.0 Å². The van der Waals surface area contributed by atoms with Crippen molar-refractivity contribution in [2.24, 2.45) is 0 Å². The molecule has 31 heavy (non-hydrogen) atoms. The summed E-state index contributed by atoms with van der Waals surface area (Å²) < 4.78 is 51.4. The fourth-order valence-electron chi connectivity index (χ4n) is 2.79. The van der Waals surface area contributed by atoms with E-state index in [0.29, 0.717) is 43.2 Å². The van der Waals surface area contributed by atoms with Gasteiger partial charge in [-0.15, -0.1) is 0 Å². The third kappa shape index (κ3) is 6.00. The van der Waals surface area contributed by atoms with Gasteiger partial charge in [-0.05, 0) is 79.6 Å². The van der Waals surface area contributed by atoms with E-state index < -0.39 is 17.0 Å². The smallest absolute Gasteiger partial charge is 0.427 e. The van der Waals surface area contributed by atoms with Gasteiger partial charge >= 0.3 is 12.1 Å². The summed E-state index contributed by atoms with van der Waals surface area (Å²) in [5.41, 5.74) is 1.34. The quantitative estimate of drug-likeness (QED) is 0.304. The van der Waals surface area contributed by atoms with Gasteiger partial charge in [-0.25, -0.2) is 0 Å². The molecule has 0 amide bonds. The summed E-state index contributed by atoms with van der Waals surface area (Å²) in [4.78, 5) is 9.94. The van der Waals surface area contributed by atoms with E-state index in [4.69, 9.17) is 21.4 Å². The molecule has 1 aromatic heterocycles. The normalized spacial score (nSPS) is 11.5. The number of halogens is 6. The number of hydrogen-bond acceptors (Lipinski definition) is 4. The minimum absolute atomic E-state index is 0.0426. The van der Waals surface area contributed by atoms with Gasteiger partial charge in [0.1, 0.15) is 17.2 Å². The van der Waals surface area contributed by atoms with Crippen LogP contribution in [-0.2, 0) is 24.0 Å². The molecular formula is C20H13Br2ClF3NO3S. The molecule has 0 aliphatic rings. The molecule has 3 rings (SSSR count). The Labute approximate surface area is 201 Å². The fourth-order valence-corrected chi connectivity index (χ4v) is 5.19. The molecule has 0 saturated heterocycles. The first kappa shape index (κ1) is 24.0. The van der Waals surface area contributed by atoms with Crippen molar-refractivity contribution in [3.63, 3.8) is 0 Å². The molecule has 0 fully saturated rings. The van der Waals surface area contributed by atoms with Crippen LogP contribution in [0.1, 0.15) is 22.4 Å². The SMILES string of the molecule is O=C(O)CCc1cc(Br)c(OCc2c(-c3ccc(Cl)cc3)nsc2C(F)(F)F)c(Br)c1. The molecule has 0 radical (unpaired) electrons. The Morgan fingerprint density at radius 3 is 2.32 bits per heavy atom. The first-order valence-corrected chi connectivity index (χ1v) is 11.4. The molecule has 0 bridgehead atoms. The highest BCUT2D eigenvalue weighted by Gasteiger charge is 2.38. The Morgan fingerprint density at radius 2 is 1.77 bits per heavy atom. The molecule has 0 aliphatic carbocycles. The number of alkyl halides is 3. The first-order chi connectivity index (χ1) is 14.6. The molecular weight excluding hydrogens is 587 g/mol. The molecule has 2 aromatic carbocycles. The van der Waals surface area contributed by atoms with E-state index in [2.05, 4.69) is 36.2 Å². The van der Waals surface area contributed by atoms with E-state index in [1.807, 2.05) is 0 Å². The van der Waals surface area contributed by atoms with Gasteiger partial charge < -0.3 is 9.84 Å². The summed E-state index contributed by atoms with van der Waals surface area (Å²) in [5, 5.41) is 9.29. The van der Waals surface area contributed by atoms with Crippen LogP contribution in [0.5, 0.6) is 5.75 Å². The largest absolute Gasteiger partial charge is 0.486 e. The number of rotatable bonds is 7. The minimum atomic E-state index is -4.57. The van der Waals surface area contributed by atoms with E-state index in [0.717, 1.165) is 5.56 Å². The van der Waals surface area contributed by atoms with E-state index in [1.54, 1.807) is 36.4 Å². The lowest BCUT2D eigenvalue weighted by Crippen LogP contribution is -2.09. The zero-order chi connectivity index (χ0) is 22.8. The fraction of sp³-hybridized carbons (Fsp3) is 0.200. The molecule has 0 atom stereocenters. The molecule has 11 heteroatoms. The second kappa shape index (κ2) is 9.89. The topological polar surface area (TPSA) is 59.4 Å². The van der Waals surface area contributed by atoms with Crippen LogP contribution in [-0.4, -0.2) is 15.4 Å². The lowest BCUT2D eigenvalue weighted by Gasteiger charge is -2.14. The van der Waals surface area contributed by atoms with Crippen molar-refractivity contribution in [1.29, 1.82) is 0 Å². The number of benzene rings is 2. The van der Waals surface area contributed by atoms with Crippen LogP contribution in [0.15, 0.2) is 45.3 Å². The van der Waals surface area contributed by atoms with Crippen LogP contribution < -0.4 is 4.74 Å². The molecule has 0 spiro atoms. The number of ether oxygens (including phenoxy) is 1. The summed E-state index contributed by atoms with van der Waals surface area (Å²) in [6.45, 7) is -0.366. The summed E-state index contributed by atoms with van der Waals surface area (Å²) in [7, 11) is 0. The van der Waals surface area contributed by atoms with E-state index >= 15 is 0 Å². The number of aryl methyl sites for hydroxylation is 1. The highest BCUT2D eigenvalue weighted by Crippen LogP contribution is 2.42. The zero-order valence-electron chi connectivity index (χ0n) is 15.5. The number of nitrogens with zero attached hydrogens (tertiary/aromatic N) is 1. The van der Waals surface area contributed by atoms with Crippen molar-refractivity contribution < 1.29 is 27.8 Å². The van der Waals surface area contributed by atoms with Crippen molar-refractivity contribution in [2.45, 2.75) is 25.6 Å². The summed E-state index contributed by atoms with van der Waals surface area (Å²) in [6.07, 6.45) is -4.31. The number of carboxylic acids is 1. The maximum atomic E-state index is 13.6. The van der Waals surface area contributed by atoms with Gasteiger partial charge in [-0.2, -0.15) is 17.5 Å². The highest BCUT2D eigenvalue weighted by molar-refractivity contribution is 9.11. The molecule has 164 valence electrons. The Morgan fingerprint density at radius 1 is 1.16 bits per heavy atom. The van der Waals surface area contributed by atoms with Crippen LogP contribution in [0, 0.1) is 0 Å². The Balaban J connectivity index is 1.91. The monoisotopic (exact) mass is 597 g/mol. The van der Waals surface area contributed by atoms with Crippen molar-refractivity contribution in [3.8, 4) is 17.0 Å². The Bertz CT molecular complexity index is 1080. The number of carbonyl (C=O) groups is 1. The first-order valence-electron chi connectivity index (χ1n) is 8.70. The maximum absolute atomic E-state index is 13.6. The predicted molar refractivity (Wildman–Crippen MR) is 120 cm³/mol. The average molecular weight is 600 g/mol. The third-order valence-electron chi connectivity index (χ3n) is 4.21. The van der Waals surface area contributed by atoms with Gasteiger partial charge in [0.25, 0.3) is 0 Å². The van der Waals surface area contributed by atoms with Crippen molar-refractivity contribution in [3.05, 3.63) is 66.4 Å². The predicted octanol–water partition coefficient (Wildman–Crippen LogP) is 7.60. The lowest BCUT2D eigenvalue weighted by molar-refractivity contribution is -0.137. The minimum Gasteiger partial charge on any atom is -0.486 e. The zero-order valence-corrected chi connectivity index (χ0v) is 20.2. The molecule has 0 saturated carbocycles. The molecule has 4 nitrogen and oxygen atoms in total. The number of carboxylic acid groups (broad SMARTS) is 1. The van der Waals surface area contributed by atoms with Gasteiger partial charge in [-0.3, -0.25) is 4.79 Å². The van der Waals surface area contributed by atoms with Gasteiger partial charge in [0.2, 0.25) is 0 Å². The van der Waals surface area contributed by atoms with E-state index in [-0.39, 0.29) is 24.3 Å². The standard InChI is InChI=1S/C20H13Br2ClF3NO3S/c21-14-7-10(1-6-16(28)29)8-15(22)18(14)30-9-13-17(11-2-4-12(23)5-3-11)27-31-19(13)20(24,25)26/h2-5,7-8H,1,6,9H2,(H,28,29). The highest BCUT2D eigenvalue weighted by atomic mass is 79.9. The van der Waals surface area contributed by atoms with Gasteiger partial charge in [0, 0.05) is 22.6 Å².